The monoisotopic (exact) mass is 344 g/mol. The van der Waals surface area contributed by atoms with E-state index in [-0.39, 0.29) is 5.91 Å². The SMILES string of the molecule is COC(C)(C)C(=O)N1CCOCC(Cc2ccc3c(ccn3C)c2)C1. The van der Waals surface area contributed by atoms with E-state index >= 15 is 0 Å². The van der Waals surface area contributed by atoms with Crippen molar-refractivity contribution in [1.29, 1.82) is 0 Å². The maximum Gasteiger partial charge on any atom is 0.254 e. The molecule has 0 N–H and O–H groups in total. The molecule has 0 aliphatic carbocycles. The molecule has 5 heteroatoms. The molecule has 1 fully saturated rings. The first kappa shape index (κ1) is 18.0. The summed E-state index contributed by atoms with van der Waals surface area (Å²) in [6.45, 7) is 6.24. The van der Waals surface area contributed by atoms with Crippen LogP contribution in [0.25, 0.3) is 10.9 Å². The van der Waals surface area contributed by atoms with Crippen LogP contribution in [0.2, 0.25) is 0 Å². The largest absolute Gasteiger partial charge is 0.379 e. The molecule has 0 spiro atoms. The Labute approximate surface area is 149 Å². The summed E-state index contributed by atoms with van der Waals surface area (Å²) in [4.78, 5) is 14.6. The fraction of sp³-hybridized carbons (Fsp3) is 0.550. The fourth-order valence-electron chi connectivity index (χ4n) is 3.45. The summed E-state index contributed by atoms with van der Waals surface area (Å²) in [6, 6.07) is 8.72. The van der Waals surface area contributed by atoms with Gasteiger partial charge in [0.05, 0.1) is 13.2 Å². The van der Waals surface area contributed by atoms with Crippen molar-refractivity contribution in [3.05, 3.63) is 36.0 Å². The summed E-state index contributed by atoms with van der Waals surface area (Å²) in [5.74, 6) is 0.323. The van der Waals surface area contributed by atoms with Crippen LogP contribution in [-0.2, 0) is 27.7 Å². The molecule has 136 valence electrons. The molecule has 0 radical (unpaired) electrons. The van der Waals surface area contributed by atoms with Gasteiger partial charge in [0.1, 0.15) is 5.60 Å². The van der Waals surface area contributed by atoms with Crippen molar-refractivity contribution in [1.82, 2.24) is 9.47 Å². The minimum atomic E-state index is -0.794. The first-order valence-electron chi connectivity index (χ1n) is 8.87. The maximum absolute atomic E-state index is 12.7. The highest BCUT2D eigenvalue weighted by atomic mass is 16.5. The number of hydrogen-bond acceptors (Lipinski definition) is 3. The quantitative estimate of drug-likeness (QED) is 0.856. The van der Waals surface area contributed by atoms with Gasteiger partial charge in [0, 0.05) is 44.9 Å². The van der Waals surface area contributed by atoms with Gasteiger partial charge in [-0.15, -0.1) is 0 Å². The van der Waals surface area contributed by atoms with Crippen molar-refractivity contribution < 1.29 is 14.3 Å². The predicted molar refractivity (Wildman–Crippen MR) is 98.6 cm³/mol. The van der Waals surface area contributed by atoms with Crippen molar-refractivity contribution in [2.45, 2.75) is 25.9 Å². The van der Waals surface area contributed by atoms with Gasteiger partial charge in [-0.1, -0.05) is 6.07 Å². The van der Waals surface area contributed by atoms with Gasteiger partial charge in [-0.3, -0.25) is 4.79 Å². The highest BCUT2D eigenvalue weighted by Gasteiger charge is 2.33. The van der Waals surface area contributed by atoms with E-state index in [0.717, 1.165) is 6.42 Å². The molecule has 2 aromatic rings. The Kier molecular flexibility index (Phi) is 5.16. The number of aromatic nitrogens is 1. The fourth-order valence-corrected chi connectivity index (χ4v) is 3.45. The molecular weight excluding hydrogens is 316 g/mol. The molecule has 0 saturated carbocycles. The molecular formula is C20H28N2O3. The lowest BCUT2D eigenvalue weighted by Crippen LogP contribution is -2.48. The van der Waals surface area contributed by atoms with Crippen LogP contribution in [-0.4, -0.2) is 54.4 Å². The molecule has 0 bridgehead atoms. The van der Waals surface area contributed by atoms with Gasteiger partial charge in [0.2, 0.25) is 0 Å². The minimum absolute atomic E-state index is 0.0315. The second-order valence-corrected chi connectivity index (χ2v) is 7.43. The lowest BCUT2D eigenvalue weighted by atomic mass is 9.98. The molecule has 1 aromatic heterocycles. The summed E-state index contributed by atoms with van der Waals surface area (Å²) >= 11 is 0. The molecule has 1 saturated heterocycles. The van der Waals surface area contributed by atoms with E-state index < -0.39 is 5.60 Å². The zero-order valence-electron chi connectivity index (χ0n) is 15.6. The average Bonchev–Trinajstić information content (AvgIpc) is 2.81. The molecule has 2 heterocycles. The minimum Gasteiger partial charge on any atom is -0.379 e. The van der Waals surface area contributed by atoms with Crippen LogP contribution in [0.4, 0.5) is 0 Å². The van der Waals surface area contributed by atoms with Gasteiger partial charge in [-0.05, 0) is 49.4 Å². The number of carbonyl (C=O) groups excluding carboxylic acids is 1. The van der Waals surface area contributed by atoms with E-state index in [1.807, 2.05) is 18.7 Å². The number of aryl methyl sites for hydroxylation is 1. The van der Waals surface area contributed by atoms with Crippen LogP contribution in [0.5, 0.6) is 0 Å². The highest BCUT2D eigenvalue weighted by molar-refractivity contribution is 5.84. The first-order valence-corrected chi connectivity index (χ1v) is 8.87. The van der Waals surface area contributed by atoms with Gasteiger partial charge >= 0.3 is 0 Å². The summed E-state index contributed by atoms with van der Waals surface area (Å²) < 4.78 is 13.2. The van der Waals surface area contributed by atoms with Gasteiger partial charge < -0.3 is 18.9 Å². The molecule has 1 amide bonds. The third-order valence-electron chi connectivity index (χ3n) is 5.12. The average molecular weight is 344 g/mol. The number of amides is 1. The highest BCUT2D eigenvalue weighted by Crippen LogP contribution is 2.22. The standard InChI is InChI=1S/C20H28N2O3/c1-20(2,24-4)19(23)22-9-10-25-14-16(13-22)11-15-5-6-18-17(12-15)7-8-21(18)3/h5-8,12,16H,9-11,13-14H2,1-4H3. The van der Waals surface area contributed by atoms with Crippen molar-refractivity contribution in [2.75, 3.05) is 33.4 Å². The van der Waals surface area contributed by atoms with Crippen molar-refractivity contribution in [2.24, 2.45) is 13.0 Å². The number of nitrogens with zero attached hydrogens (tertiary/aromatic N) is 2. The van der Waals surface area contributed by atoms with Crippen LogP contribution in [0.1, 0.15) is 19.4 Å². The number of fused-ring (bicyclic) bond motifs is 1. The Bertz CT molecular complexity index is 750. The maximum atomic E-state index is 12.7. The van der Waals surface area contributed by atoms with Gasteiger partial charge in [-0.25, -0.2) is 0 Å². The molecule has 1 atom stereocenters. The molecule has 1 unspecified atom stereocenters. The van der Waals surface area contributed by atoms with E-state index in [4.69, 9.17) is 9.47 Å². The number of ether oxygens (including phenoxy) is 2. The number of rotatable bonds is 4. The van der Waals surface area contributed by atoms with E-state index in [0.29, 0.717) is 32.2 Å². The third-order valence-corrected chi connectivity index (χ3v) is 5.12. The van der Waals surface area contributed by atoms with Gasteiger partial charge in [-0.2, -0.15) is 0 Å². The summed E-state index contributed by atoms with van der Waals surface area (Å²) in [5, 5.41) is 1.25. The smallest absolute Gasteiger partial charge is 0.254 e. The zero-order chi connectivity index (χ0) is 18.0. The summed E-state index contributed by atoms with van der Waals surface area (Å²) in [5.41, 5.74) is 1.73. The Balaban J connectivity index is 1.73. The van der Waals surface area contributed by atoms with Crippen LogP contribution in [0.3, 0.4) is 0 Å². The van der Waals surface area contributed by atoms with Crippen molar-refractivity contribution in [3.63, 3.8) is 0 Å². The molecule has 1 aliphatic rings. The zero-order valence-corrected chi connectivity index (χ0v) is 15.6. The summed E-state index contributed by atoms with van der Waals surface area (Å²) in [6.07, 6.45) is 2.98. The number of hydrogen-bond donors (Lipinski definition) is 0. The predicted octanol–water partition coefficient (Wildman–Crippen LogP) is 2.62. The van der Waals surface area contributed by atoms with Gasteiger partial charge in [0.15, 0.2) is 0 Å². The Hall–Kier alpha value is -1.85. The van der Waals surface area contributed by atoms with Crippen molar-refractivity contribution >= 4 is 16.8 Å². The number of methoxy groups -OCH3 is 1. The molecule has 5 nitrogen and oxygen atoms in total. The Morgan fingerprint density at radius 2 is 2.16 bits per heavy atom. The first-order chi connectivity index (χ1) is 11.9. The van der Waals surface area contributed by atoms with Crippen molar-refractivity contribution in [3.8, 4) is 0 Å². The Morgan fingerprint density at radius 3 is 2.92 bits per heavy atom. The topological polar surface area (TPSA) is 43.7 Å². The molecule has 1 aromatic carbocycles. The molecule has 25 heavy (non-hydrogen) atoms. The second kappa shape index (κ2) is 7.18. The number of benzene rings is 1. The van der Waals surface area contributed by atoms with E-state index in [2.05, 4.69) is 42.1 Å². The third kappa shape index (κ3) is 3.88. The second-order valence-electron chi connectivity index (χ2n) is 7.43. The normalized spacial score (nSPS) is 19.2. The van der Waals surface area contributed by atoms with Crippen LogP contribution in [0, 0.1) is 5.92 Å². The molecule has 3 rings (SSSR count). The van der Waals surface area contributed by atoms with Gasteiger partial charge in [0.25, 0.3) is 5.91 Å². The van der Waals surface area contributed by atoms with Crippen LogP contribution >= 0.6 is 0 Å². The lowest BCUT2D eigenvalue weighted by Gasteiger charge is -2.31. The lowest BCUT2D eigenvalue weighted by molar-refractivity contribution is -0.151. The Morgan fingerprint density at radius 1 is 1.36 bits per heavy atom. The van der Waals surface area contributed by atoms with E-state index in [1.54, 1.807) is 7.11 Å². The van der Waals surface area contributed by atoms with E-state index in [9.17, 15) is 4.79 Å². The van der Waals surface area contributed by atoms with Crippen LogP contribution < -0.4 is 0 Å². The van der Waals surface area contributed by atoms with Crippen LogP contribution in [0.15, 0.2) is 30.5 Å². The van der Waals surface area contributed by atoms with E-state index in [1.165, 1.54) is 16.5 Å². The molecule has 1 aliphatic heterocycles. The number of carbonyl (C=O) groups is 1. The summed E-state index contributed by atoms with van der Waals surface area (Å²) in [7, 11) is 3.64.